The molecule has 2 N–H and O–H groups in total. The lowest BCUT2D eigenvalue weighted by Gasteiger charge is -2.51. The quantitative estimate of drug-likeness (QED) is 0.624. The minimum absolute atomic E-state index is 0.151. The Balaban J connectivity index is 1.51. The molecule has 0 unspecified atom stereocenters. The number of fused-ring (bicyclic) bond motifs is 2. The van der Waals surface area contributed by atoms with Gasteiger partial charge in [-0.1, -0.05) is 6.07 Å². The van der Waals surface area contributed by atoms with E-state index < -0.39 is 11.7 Å². The molecule has 0 saturated carbocycles. The van der Waals surface area contributed by atoms with Crippen LogP contribution in [-0.2, 0) is 6.42 Å². The molecule has 4 heterocycles. The SMILES string of the molecule is Cc1ccc2cc(O)c(-c3cc4c(nn3)N([C@H]3CC(C)(C)NC(C)(C)[C@H]3F)CC4)cc2n1. The average molecular weight is 436 g/mol. The van der Waals surface area contributed by atoms with Crippen LogP contribution in [0.2, 0.25) is 0 Å². The normalized spacial score (nSPS) is 24.0. The lowest BCUT2D eigenvalue weighted by molar-refractivity contribution is 0.0555. The van der Waals surface area contributed by atoms with Crippen LogP contribution in [-0.4, -0.2) is 50.1 Å². The van der Waals surface area contributed by atoms with Crippen LogP contribution in [0.5, 0.6) is 5.75 Å². The molecule has 0 aliphatic carbocycles. The Morgan fingerprint density at radius 2 is 1.91 bits per heavy atom. The molecule has 2 aliphatic heterocycles. The second kappa shape index (κ2) is 7.10. The Morgan fingerprint density at radius 1 is 1.12 bits per heavy atom. The van der Waals surface area contributed by atoms with E-state index in [1.165, 1.54) is 0 Å². The molecule has 1 saturated heterocycles. The zero-order chi connectivity index (χ0) is 22.8. The minimum atomic E-state index is -1.03. The number of pyridine rings is 1. The fourth-order valence-corrected chi connectivity index (χ4v) is 5.48. The predicted molar refractivity (Wildman–Crippen MR) is 125 cm³/mol. The summed E-state index contributed by atoms with van der Waals surface area (Å²) in [6.45, 7) is 10.8. The standard InChI is InChI=1S/C25H30FN5O/c1-14-6-7-15-11-21(32)17(12-18(15)27-14)19-10-16-8-9-31(23(16)29-28-19)20-13-24(2,3)30-25(4,5)22(20)26/h6-7,10-12,20,22,30,32H,8-9,13H2,1-5H3/t20-,22-/m0/s1. The molecule has 3 aromatic rings. The van der Waals surface area contributed by atoms with Crippen LogP contribution >= 0.6 is 0 Å². The molecule has 1 fully saturated rings. The third-order valence-corrected chi connectivity index (χ3v) is 6.77. The van der Waals surface area contributed by atoms with Gasteiger partial charge < -0.3 is 15.3 Å². The Bertz CT molecular complexity index is 1210. The van der Waals surface area contributed by atoms with E-state index in [9.17, 15) is 5.11 Å². The molecule has 6 nitrogen and oxygen atoms in total. The minimum Gasteiger partial charge on any atom is -0.507 e. The number of nitrogens with one attached hydrogen (secondary N) is 1. The third kappa shape index (κ3) is 3.48. The molecular weight excluding hydrogens is 405 g/mol. The Kier molecular flexibility index (Phi) is 4.68. The molecule has 0 spiro atoms. The van der Waals surface area contributed by atoms with Crippen LogP contribution in [0.3, 0.4) is 0 Å². The molecule has 2 atom stereocenters. The van der Waals surface area contributed by atoms with Gasteiger partial charge in [-0.3, -0.25) is 4.98 Å². The number of phenols is 1. The van der Waals surface area contributed by atoms with Crippen molar-refractivity contribution in [2.45, 2.75) is 70.8 Å². The molecule has 1 aromatic carbocycles. The molecule has 0 bridgehead atoms. The lowest BCUT2D eigenvalue weighted by atomic mass is 9.77. The highest BCUT2D eigenvalue weighted by molar-refractivity contribution is 5.87. The number of phenolic OH excluding ortho intramolecular Hbond substituents is 1. The summed E-state index contributed by atoms with van der Waals surface area (Å²) in [6, 6.07) is 9.16. The highest BCUT2D eigenvalue weighted by Gasteiger charge is 2.49. The van der Waals surface area contributed by atoms with Crippen molar-refractivity contribution in [2.75, 3.05) is 11.4 Å². The Hall–Kier alpha value is -2.80. The van der Waals surface area contributed by atoms with E-state index in [1.807, 2.05) is 45.0 Å². The van der Waals surface area contributed by atoms with E-state index >= 15 is 4.39 Å². The second-order valence-corrected chi connectivity index (χ2v) is 10.4. The van der Waals surface area contributed by atoms with Crippen molar-refractivity contribution in [3.8, 4) is 17.0 Å². The van der Waals surface area contributed by atoms with Crippen molar-refractivity contribution < 1.29 is 9.50 Å². The fourth-order valence-electron chi connectivity index (χ4n) is 5.48. The number of aromatic hydroxyl groups is 1. The van der Waals surface area contributed by atoms with E-state index in [2.05, 4.69) is 39.2 Å². The summed E-state index contributed by atoms with van der Waals surface area (Å²) in [6.07, 6.45) is 0.444. The number of aryl methyl sites for hydroxylation is 1. The van der Waals surface area contributed by atoms with E-state index in [1.54, 1.807) is 6.07 Å². The van der Waals surface area contributed by atoms with Crippen molar-refractivity contribution in [1.82, 2.24) is 20.5 Å². The van der Waals surface area contributed by atoms with Gasteiger partial charge in [0.2, 0.25) is 0 Å². The molecule has 0 amide bonds. The first-order valence-corrected chi connectivity index (χ1v) is 11.2. The van der Waals surface area contributed by atoms with Crippen molar-refractivity contribution >= 4 is 16.7 Å². The third-order valence-electron chi connectivity index (χ3n) is 6.77. The number of hydrogen-bond acceptors (Lipinski definition) is 6. The molecule has 7 heteroatoms. The summed E-state index contributed by atoms with van der Waals surface area (Å²) in [5.74, 6) is 0.905. The maximum atomic E-state index is 15.5. The first kappa shape index (κ1) is 21.1. The summed E-state index contributed by atoms with van der Waals surface area (Å²) in [4.78, 5) is 6.66. The second-order valence-electron chi connectivity index (χ2n) is 10.4. The van der Waals surface area contributed by atoms with Crippen LogP contribution in [0.1, 0.15) is 45.4 Å². The van der Waals surface area contributed by atoms with Crippen molar-refractivity contribution in [3.05, 3.63) is 41.6 Å². The first-order valence-electron chi connectivity index (χ1n) is 11.2. The van der Waals surface area contributed by atoms with E-state index in [0.29, 0.717) is 17.7 Å². The average Bonchev–Trinajstić information content (AvgIpc) is 3.13. The van der Waals surface area contributed by atoms with Gasteiger partial charge in [-0.05, 0) is 71.7 Å². The predicted octanol–water partition coefficient (Wildman–Crippen LogP) is 4.33. The number of alkyl halides is 1. The fraction of sp³-hybridized carbons (Fsp3) is 0.480. The molecule has 32 heavy (non-hydrogen) atoms. The highest BCUT2D eigenvalue weighted by Crippen LogP contribution is 2.40. The van der Waals surface area contributed by atoms with Crippen LogP contribution in [0.4, 0.5) is 10.2 Å². The maximum Gasteiger partial charge on any atom is 0.154 e. The summed E-state index contributed by atoms with van der Waals surface area (Å²) in [5, 5.41) is 23.9. The molecule has 0 radical (unpaired) electrons. The summed E-state index contributed by atoms with van der Waals surface area (Å²) in [5.41, 5.74) is 3.18. The van der Waals surface area contributed by atoms with Gasteiger partial charge in [-0.25, -0.2) is 4.39 Å². The van der Waals surface area contributed by atoms with Crippen molar-refractivity contribution in [1.29, 1.82) is 0 Å². The largest absolute Gasteiger partial charge is 0.507 e. The molecule has 168 valence electrons. The topological polar surface area (TPSA) is 74.2 Å². The molecule has 5 rings (SSSR count). The molecule has 2 aliphatic rings. The summed E-state index contributed by atoms with van der Waals surface area (Å²) < 4.78 is 15.5. The maximum absolute atomic E-state index is 15.5. The summed E-state index contributed by atoms with van der Waals surface area (Å²) in [7, 11) is 0. The van der Waals surface area contributed by atoms with Crippen molar-refractivity contribution in [3.63, 3.8) is 0 Å². The number of nitrogens with zero attached hydrogens (tertiary/aromatic N) is 4. The van der Waals surface area contributed by atoms with Gasteiger partial charge in [0.25, 0.3) is 0 Å². The Morgan fingerprint density at radius 3 is 2.69 bits per heavy atom. The number of piperidine rings is 1. The van der Waals surface area contributed by atoms with Crippen LogP contribution in [0, 0.1) is 6.92 Å². The zero-order valence-corrected chi connectivity index (χ0v) is 19.3. The van der Waals surface area contributed by atoms with Gasteiger partial charge in [0.15, 0.2) is 5.82 Å². The number of rotatable bonds is 2. The van der Waals surface area contributed by atoms with Gasteiger partial charge in [0.1, 0.15) is 11.9 Å². The number of anilines is 1. The number of benzene rings is 1. The van der Waals surface area contributed by atoms with E-state index in [0.717, 1.165) is 40.9 Å². The van der Waals surface area contributed by atoms with E-state index in [-0.39, 0.29) is 17.3 Å². The van der Waals surface area contributed by atoms with Gasteiger partial charge in [0.05, 0.1) is 17.3 Å². The van der Waals surface area contributed by atoms with Gasteiger partial charge in [-0.15, -0.1) is 10.2 Å². The van der Waals surface area contributed by atoms with Gasteiger partial charge in [-0.2, -0.15) is 0 Å². The zero-order valence-electron chi connectivity index (χ0n) is 19.3. The lowest BCUT2D eigenvalue weighted by Crippen LogP contribution is -2.69. The van der Waals surface area contributed by atoms with Crippen molar-refractivity contribution in [2.24, 2.45) is 0 Å². The number of halogens is 1. The van der Waals surface area contributed by atoms with Gasteiger partial charge >= 0.3 is 0 Å². The van der Waals surface area contributed by atoms with Crippen LogP contribution < -0.4 is 10.2 Å². The summed E-state index contributed by atoms with van der Waals surface area (Å²) >= 11 is 0. The first-order chi connectivity index (χ1) is 15.0. The Labute approximate surface area is 187 Å². The molecular formula is C25H30FN5O. The smallest absolute Gasteiger partial charge is 0.154 e. The van der Waals surface area contributed by atoms with Crippen LogP contribution in [0.15, 0.2) is 30.3 Å². The van der Waals surface area contributed by atoms with Gasteiger partial charge in [0, 0.05) is 39.8 Å². The van der Waals surface area contributed by atoms with Crippen LogP contribution in [0.25, 0.3) is 22.2 Å². The molecule has 2 aromatic heterocycles. The highest BCUT2D eigenvalue weighted by atomic mass is 19.1. The number of aromatic nitrogens is 3. The van der Waals surface area contributed by atoms with E-state index in [4.69, 9.17) is 0 Å². The number of hydrogen-bond donors (Lipinski definition) is 2. The monoisotopic (exact) mass is 435 g/mol.